The highest BCUT2D eigenvalue weighted by Crippen LogP contribution is 2.16. The molecule has 4 nitrogen and oxygen atoms in total. The van der Waals surface area contributed by atoms with Gasteiger partial charge in [0.25, 0.3) is 5.91 Å². The maximum Gasteiger partial charge on any atom is 0.336 e. The number of aromatic carboxylic acids is 1. The Morgan fingerprint density at radius 2 is 1.63 bits per heavy atom. The second kappa shape index (κ2) is 6.26. The van der Waals surface area contributed by atoms with Gasteiger partial charge in [-0.2, -0.15) is 0 Å². The number of carbonyl (C=O) groups excluding carboxylic acids is 1. The van der Waals surface area contributed by atoms with Gasteiger partial charge in [0, 0.05) is 6.04 Å². The molecule has 0 aromatic heterocycles. The number of carboxylic acid groups (broad SMARTS) is 1. The van der Waals surface area contributed by atoms with Gasteiger partial charge in [0.15, 0.2) is 11.6 Å². The molecule has 0 fully saturated rings. The summed E-state index contributed by atoms with van der Waals surface area (Å²) < 4.78 is 26.1. The summed E-state index contributed by atoms with van der Waals surface area (Å²) in [5.74, 6) is -4.74. The van der Waals surface area contributed by atoms with Gasteiger partial charge in [-0.1, -0.05) is 13.8 Å². The Labute approximate surface area is 109 Å². The minimum Gasteiger partial charge on any atom is -0.478 e. The van der Waals surface area contributed by atoms with Gasteiger partial charge in [-0.05, 0) is 25.0 Å². The zero-order chi connectivity index (χ0) is 14.6. The Kier molecular flexibility index (Phi) is 4.97. The summed E-state index contributed by atoms with van der Waals surface area (Å²) in [7, 11) is 0. The van der Waals surface area contributed by atoms with E-state index in [0.717, 1.165) is 0 Å². The normalized spacial score (nSPS) is 10.6. The molecule has 19 heavy (non-hydrogen) atoms. The molecule has 1 rings (SSSR count). The van der Waals surface area contributed by atoms with Gasteiger partial charge in [0.05, 0.1) is 11.1 Å². The lowest BCUT2D eigenvalue weighted by Gasteiger charge is -2.15. The first kappa shape index (κ1) is 15.1. The third-order valence-corrected chi connectivity index (χ3v) is 2.86. The third-order valence-electron chi connectivity index (χ3n) is 2.86. The summed E-state index contributed by atoms with van der Waals surface area (Å²) in [6.45, 7) is 3.72. The van der Waals surface area contributed by atoms with Gasteiger partial charge in [-0.15, -0.1) is 0 Å². The lowest BCUT2D eigenvalue weighted by molar-refractivity contribution is 0.0689. The molecular formula is C13H15F2NO3. The highest BCUT2D eigenvalue weighted by atomic mass is 19.2. The quantitative estimate of drug-likeness (QED) is 0.865. The number of benzene rings is 1. The molecule has 0 bridgehead atoms. The molecule has 6 heteroatoms. The van der Waals surface area contributed by atoms with Crippen molar-refractivity contribution >= 4 is 11.9 Å². The van der Waals surface area contributed by atoms with Crippen LogP contribution in [0.2, 0.25) is 0 Å². The first-order chi connectivity index (χ1) is 8.90. The summed E-state index contributed by atoms with van der Waals surface area (Å²) in [5.41, 5.74) is -0.930. The van der Waals surface area contributed by atoms with Crippen molar-refractivity contribution in [2.75, 3.05) is 0 Å². The fraction of sp³-hybridized carbons (Fsp3) is 0.385. The minimum absolute atomic E-state index is 0.137. The first-order valence-corrected chi connectivity index (χ1v) is 5.93. The van der Waals surface area contributed by atoms with Crippen LogP contribution in [0, 0.1) is 11.6 Å². The summed E-state index contributed by atoms with van der Waals surface area (Å²) in [6, 6.07) is 0.984. The molecule has 0 aliphatic heterocycles. The number of halogens is 2. The fourth-order valence-corrected chi connectivity index (χ4v) is 1.67. The molecular weight excluding hydrogens is 256 g/mol. The third kappa shape index (κ3) is 3.49. The zero-order valence-electron chi connectivity index (χ0n) is 10.7. The molecule has 0 aliphatic rings. The molecule has 0 atom stereocenters. The van der Waals surface area contributed by atoms with Crippen molar-refractivity contribution in [3.8, 4) is 0 Å². The Morgan fingerprint density at radius 3 is 2.05 bits per heavy atom. The lowest BCUT2D eigenvalue weighted by Crippen LogP contribution is -2.34. The van der Waals surface area contributed by atoms with E-state index in [2.05, 4.69) is 5.32 Å². The molecule has 0 aliphatic carbocycles. The molecule has 0 saturated carbocycles. The van der Waals surface area contributed by atoms with Crippen molar-refractivity contribution in [3.63, 3.8) is 0 Å². The van der Waals surface area contributed by atoms with E-state index in [9.17, 15) is 18.4 Å². The van der Waals surface area contributed by atoms with Crippen LogP contribution in [0.4, 0.5) is 8.78 Å². The highest BCUT2D eigenvalue weighted by molar-refractivity contribution is 6.04. The largest absolute Gasteiger partial charge is 0.478 e. The van der Waals surface area contributed by atoms with E-state index in [1.54, 1.807) is 0 Å². The van der Waals surface area contributed by atoms with E-state index >= 15 is 0 Å². The summed E-state index contributed by atoms with van der Waals surface area (Å²) in [4.78, 5) is 22.8. The topological polar surface area (TPSA) is 66.4 Å². The number of rotatable bonds is 5. The monoisotopic (exact) mass is 271 g/mol. The standard InChI is InChI=1S/C13H15F2NO3/c1-3-7(4-2)16-12(17)8-5-10(14)11(15)6-9(8)13(18)19/h5-7H,3-4H2,1-2H3,(H,16,17)(H,18,19). The second-order valence-electron chi connectivity index (χ2n) is 4.10. The van der Waals surface area contributed by atoms with Crippen molar-refractivity contribution < 1.29 is 23.5 Å². The molecule has 1 amide bonds. The zero-order valence-corrected chi connectivity index (χ0v) is 10.7. The van der Waals surface area contributed by atoms with Crippen LogP contribution in [0.5, 0.6) is 0 Å². The Balaban J connectivity index is 3.14. The van der Waals surface area contributed by atoms with Crippen molar-refractivity contribution in [2.45, 2.75) is 32.7 Å². The Bertz CT molecular complexity index is 499. The first-order valence-electron chi connectivity index (χ1n) is 5.93. The van der Waals surface area contributed by atoms with Crippen molar-refractivity contribution in [1.29, 1.82) is 0 Å². The predicted octanol–water partition coefficient (Wildman–Crippen LogP) is 2.58. The van der Waals surface area contributed by atoms with Crippen molar-refractivity contribution in [1.82, 2.24) is 5.32 Å². The number of nitrogens with one attached hydrogen (secondary N) is 1. The van der Waals surface area contributed by atoms with Gasteiger partial charge in [-0.3, -0.25) is 4.79 Å². The minimum atomic E-state index is -1.48. The maximum atomic E-state index is 13.1. The van der Waals surface area contributed by atoms with Crippen LogP contribution in [0.1, 0.15) is 47.4 Å². The van der Waals surface area contributed by atoms with Crippen LogP contribution < -0.4 is 5.32 Å². The van der Waals surface area contributed by atoms with E-state index in [1.165, 1.54) is 0 Å². The van der Waals surface area contributed by atoms with E-state index in [0.29, 0.717) is 25.0 Å². The second-order valence-corrected chi connectivity index (χ2v) is 4.10. The van der Waals surface area contributed by atoms with E-state index in [-0.39, 0.29) is 11.6 Å². The number of carboxylic acids is 1. The van der Waals surface area contributed by atoms with Crippen molar-refractivity contribution in [2.24, 2.45) is 0 Å². The molecule has 1 aromatic carbocycles. The van der Waals surface area contributed by atoms with Crippen LogP contribution in [0.25, 0.3) is 0 Å². The summed E-state index contributed by atoms with van der Waals surface area (Å²) in [5, 5.41) is 11.5. The molecule has 0 saturated heterocycles. The van der Waals surface area contributed by atoms with Crippen LogP contribution in [-0.4, -0.2) is 23.0 Å². The summed E-state index contributed by atoms with van der Waals surface area (Å²) in [6.07, 6.45) is 1.32. The van der Waals surface area contributed by atoms with Crippen LogP contribution in [0.15, 0.2) is 12.1 Å². The van der Waals surface area contributed by atoms with Gasteiger partial charge >= 0.3 is 5.97 Å². The smallest absolute Gasteiger partial charge is 0.336 e. The van der Waals surface area contributed by atoms with Crippen LogP contribution >= 0.6 is 0 Å². The highest BCUT2D eigenvalue weighted by Gasteiger charge is 2.21. The average Bonchev–Trinajstić information content (AvgIpc) is 2.37. The molecule has 0 unspecified atom stereocenters. The molecule has 0 radical (unpaired) electrons. The van der Waals surface area contributed by atoms with Gasteiger partial charge < -0.3 is 10.4 Å². The van der Waals surface area contributed by atoms with Gasteiger partial charge in [-0.25, -0.2) is 13.6 Å². The van der Waals surface area contributed by atoms with Gasteiger partial charge in [0.2, 0.25) is 0 Å². The molecule has 0 spiro atoms. The number of amides is 1. The summed E-state index contributed by atoms with van der Waals surface area (Å²) >= 11 is 0. The number of hydrogen-bond donors (Lipinski definition) is 2. The fourth-order valence-electron chi connectivity index (χ4n) is 1.67. The van der Waals surface area contributed by atoms with Crippen LogP contribution in [0.3, 0.4) is 0 Å². The molecule has 0 heterocycles. The Morgan fingerprint density at radius 1 is 1.16 bits per heavy atom. The Hall–Kier alpha value is -1.98. The van der Waals surface area contributed by atoms with Gasteiger partial charge in [0.1, 0.15) is 0 Å². The maximum absolute atomic E-state index is 13.1. The van der Waals surface area contributed by atoms with Crippen LogP contribution in [-0.2, 0) is 0 Å². The van der Waals surface area contributed by atoms with Crippen molar-refractivity contribution in [3.05, 3.63) is 34.9 Å². The molecule has 104 valence electrons. The van der Waals surface area contributed by atoms with E-state index in [4.69, 9.17) is 5.11 Å². The SMILES string of the molecule is CCC(CC)NC(=O)c1cc(F)c(F)cc1C(=O)O. The van der Waals surface area contributed by atoms with E-state index in [1.807, 2.05) is 13.8 Å². The predicted molar refractivity (Wildman–Crippen MR) is 65.2 cm³/mol. The molecule has 2 N–H and O–H groups in total. The molecule has 1 aromatic rings. The van der Waals surface area contributed by atoms with E-state index < -0.39 is 29.1 Å². The number of hydrogen-bond acceptors (Lipinski definition) is 2. The average molecular weight is 271 g/mol. The lowest BCUT2D eigenvalue weighted by atomic mass is 10.0. The number of carbonyl (C=O) groups is 2.